The molecule has 0 aromatic heterocycles. The normalized spacial score (nSPS) is 18.5. The van der Waals surface area contributed by atoms with Gasteiger partial charge in [-0.15, -0.1) is 11.8 Å². The van der Waals surface area contributed by atoms with Crippen LogP contribution in [-0.2, 0) is 19.1 Å². The van der Waals surface area contributed by atoms with Gasteiger partial charge in [-0.3, -0.25) is 14.5 Å². The summed E-state index contributed by atoms with van der Waals surface area (Å²) in [6.07, 6.45) is -0.635. The fourth-order valence-electron chi connectivity index (χ4n) is 4.40. The van der Waals surface area contributed by atoms with Crippen LogP contribution in [0.3, 0.4) is 0 Å². The van der Waals surface area contributed by atoms with Crippen molar-refractivity contribution >= 4 is 45.5 Å². The molecule has 194 valence electrons. The van der Waals surface area contributed by atoms with E-state index in [0.29, 0.717) is 16.8 Å². The van der Waals surface area contributed by atoms with Gasteiger partial charge in [-0.1, -0.05) is 94.8 Å². The highest BCUT2D eigenvalue weighted by molar-refractivity contribution is 9.09. The number of nitrogens with zero attached hydrogens (tertiary/aromatic N) is 1. The number of fused-ring (bicyclic) bond motifs is 1. The summed E-state index contributed by atoms with van der Waals surface area (Å²) in [7, 11) is 0. The number of ether oxygens (including phenoxy) is 2. The number of alkyl halides is 1. The highest BCUT2D eigenvalue weighted by Gasteiger charge is 2.54. The topological polar surface area (TPSA) is 84.9 Å². The third-order valence-electron chi connectivity index (χ3n) is 6.26. The van der Waals surface area contributed by atoms with Crippen molar-refractivity contribution < 1.29 is 23.9 Å². The molecule has 1 N–H and O–H groups in total. The number of thioether (sulfide) groups is 1. The van der Waals surface area contributed by atoms with Crippen LogP contribution in [0.15, 0.2) is 102 Å². The molecule has 2 heterocycles. The Labute approximate surface area is 233 Å². The zero-order chi connectivity index (χ0) is 26.5. The number of hydrogen-bond donors (Lipinski definition) is 1. The van der Waals surface area contributed by atoms with E-state index in [2.05, 4.69) is 21.2 Å². The number of esters is 1. The van der Waals surface area contributed by atoms with Crippen molar-refractivity contribution in [1.82, 2.24) is 10.2 Å². The Bertz CT molecular complexity index is 1300. The molecule has 38 heavy (non-hydrogen) atoms. The standard InChI is InChI=1S/C29H25BrN2O5S/c30-16-21-18-38-28-24(31-23(33)17-36-22-14-8-3-9-15-22)27(34)32(28)25(21)29(35)37-26(19-10-4-1-5-11-19)20-12-6-2-7-13-20/h1-15,24,26,28H,16-18H2,(H,31,33)/t24?,28-/m1/s1. The average Bonchev–Trinajstić information content (AvgIpc) is 2.98. The van der Waals surface area contributed by atoms with Crippen molar-refractivity contribution in [1.29, 1.82) is 0 Å². The summed E-state index contributed by atoms with van der Waals surface area (Å²) >= 11 is 4.96. The molecule has 0 aliphatic carbocycles. The molecule has 0 saturated carbocycles. The Hall–Kier alpha value is -3.56. The van der Waals surface area contributed by atoms with E-state index in [4.69, 9.17) is 9.47 Å². The van der Waals surface area contributed by atoms with E-state index in [1.807, 2.05) is 78.9 Å². The molecular weight excluding hydrogens is 568 g/mol. The minimum atomic E-state index is -0.745. The number of hydrogen-bond acceptors (Lipinski definition) is 6. The van der Waals surface area contributed by atoms with E-state index in [9.17, 15) is 14.4 Å². The predicted octanol–water partition coefficient (Wildman–Crippen LogP) is 4.45. The molecule has 0 bridgehead atoms. The molecule has 0 spiro atoms. The van der Waals surface area contributed by atoms with Crippen molar-refractivity contribution in [3.8, 4) is 5.75 Å². The SMILES string of the molecule is O=C(COc1ccccc1)NC1C(=O)N2C(C(=O)OC(c3ccccc3)c3ccccc3)=C(CBr)CS[C@H]12. The van der Waals surface area contributed by atoms with Gasteiger partial charge >= 0.3 is 5.97 Å². The number of nitrogens with one attached hydrogen (secondary N) is 1. The van der Waals surface area contributed by atoms with Crippen LogP contribution in [0.5, 0.6) is 5.75 Å². The minimum absolute atomic E-state index is 0.210. The molecular formula is C29H25BrN2O5S. The quantitative estimate of drug-likeness (QED) is 0.224. The highest BCUT2D eigenvalue weighted by Crippen LogP contribution is 2.42. The molecule has 5 rings (SSSR count). The number of carbonyl (C=O) groups excluding carboxylic acids is 3. The molecule has 2 amide bonds. The van der Waals surface area contributed by atoms with E-state index in [1.54, 1.807) is 12.1 Å². The third kappa shape index (κ3) is 5.49. The van der Waals surface area contributed by atoms with Crippen LogP contribution in [0.4, 0.5) is 0 Å². The maximum absolute atomic E-state index is 13.6. The summed E-state index contributed by atoms with van der Waals surface area (Å²) in [6, 6.07) is 27.2. The molecule has 2 aliphatic heterocycles. The van der Waals surface area contributed by atoms with Gasteiger partial charge in [-0.05, 0) is 28.8 Å². The molecule has 1 fully saturated rings. The van der Waals surface area contributed by atoms with Crippen molar-refractivity contribution in [3.63, 3.8) is 0 Å². The van der Waals surface area contributed by atoms with E-state index >= 15 is 0 Å². The molecule has 2 atom stereocenters. The molecule has 1 unspecified atom stereocenters. The van der Waals surface area contributed by atoms with E-state index in [1.165, 1.54) is 16.7 Å². The molecule has 3 aromatic carbocycles. The molecule has 3 aromatic rings. The Morgan fingerprint density at radius 1 is 0.947 bits per heavy atom. The first-order valence-corrected chi connectivity index (χ1v) is 14.2. The van der Waals surface area contributed by atoms with Crippen molar-refractivity contribution in [2.75, 3.05) is 17.7 Å². The summed E-state index contributed by atoms with van der Waals surface area (Å²) in [5.74, 6) is -0.236. The number of halogens is 1. The zero-order valence-corrected chi connectivity index (χ0v) is 22.7. The largest absolute Gasteiger partial charge is 0.484 e. The van der Waals surface area contributed by atoms with Gasteiger partial charge in [0.1, 0.15) is 22.9 Å². The first-order chi connectivity index (χ1) is 18.6. The van der Waals surface area contributed by atoms with Crippen molar-refractivity contribution in [3.05, 3.63) is 113 Å². The Kier molecular flexibility index (Phi) is 8.14. The molecule has 0 radical (unpaired) electrons. The minimum Gasteiger partial charge on any atom is -0.484 e. The Morgan fingerprint density at radius 3 is 2.11 bits per heavy atom. The van der Waals surface area contributed by atoms with Gasteiger partial charge in [0.2, 0.25) is 0 Å². The second-order valence-corrected chi connectivity index (χ2v) is 10.4. The number of benzene rings is 3. The summed E-state index contributed by atoms with van der Waals surface area (Å²) in [5, 5.41) is 2.78. The van der Waals surface area contributed by atoms with Crippen LogP contribution in [0, 0.1) is 0 Å². The second kappa shape index (κ2) is 11.9. The van der Waals surface area contributed by atoms with Gasteiger partial charge in [0.25, 0.3) is 11.8 Å². The van der Waals surface area contributed by atoms with Crippen LogP contribution in [0.2, 0.25) is 0 Å². The Balaban J connectivity index is 1.31. The molecule has 2 aliphatic rings. The molecule has 9 heteroatoms. The summed E-state index contributed by atoms with van der Waals surface area (Å²) in [5.41, 5.74) is 2.65. The van der Waals surface area contributed by atoms with E-state index < -0.39 is 29.4 Å². The first kappa shape index (κ1) is 26.1. The smallest absolute Gasteiger partial charge is 0.356 e. The summed E-state index contributed by atoms with van der Waals surface area (Å²) in [6.45, 7) is -0.210. The summed E-state index contributed by atoms with van der Waals surface area (Å²) < 4.78 is 11.6. The fourth-order valence-corrected chi connectivity index (χ4v) is 6.47. The molecule has 7 nitrogen and oxygen atoms in total. The maximum Gasteiger partial charge on any atom is 0.356 e. The highest BCUT2D eigenvalue weighted by atomic mass is 79.9. The van der Waals surface area contributed by atoms with E-state index in [-0.39, 0.29) is 18.2 Å². The van der Waals surface area contributed by atoms with Gasteiger partial charge in [-0.2, -0.15) is 0 Å². The number of para-hydroxylation sites is 1. The van der Waals surface area contributed by atoms with Gasteiger partial charge < -0.3 is 14.8 Å². The fraction of sp³-hybridized carbons (Fsp3) is 0.207. The molecule has 1 saturated heterocycles. The van der Waals surface area contributed by atoms with Crippen LogP contribution in [-0.4, -0.2) is 51.8 Å². The van der Waals surface area contributed by atoms with E-state index in [0.717, 1.165) is 16.7 Å². The van der Waals surface area contributed by atoms with Crippen LogP contribution < -0.4 is 10.1 Å². The first-order valence-electron chi connectivity index (χ1n) is 12.1. The summed E-state index contributed by atoms with van der Waals surface area (Å²) in [4.78, 5) is 40.8. The lowest BCUT2D eigenvalue weighted by Crippen LogP contribution is -2.71. The zero-order valence-electron chi connectivity index (χ0n) is 20.3. The van der Waals surface area contributed by atoms with Gasteiger partial charge in [-0.25, -0.2) is 4.79 Å². The number of carbonyl (C=O) groups is 3. The van der Waals surface area contributed by atoms with Crippen molar-refractivity contribution in [2.24, 2.45) is 0 Å². The number of rotatable bonds is 9. The predicted molar refractivity (Wildman–Crippen MR) is 149 cm³/mol. The lowest BCUT2D eigenvalue weighted by atomic mass is 10.0. The maximum atomic E-state index is 13.6. The lowest BCUT2D eigenvalue weighted by molar-refractivity contribution is -0.154. The number of β-lactam (4-membered cyclic amide) rings is 1. The van der Waals surface area contributed by atoms with Gasteiger partial charge in [0, 0.05) is 11.1 Å². The Morgan fingerprint density at radius 2 is 1.53 bits per heavy atom. The van der Waals surface area contributed by atoms with Crippen molar-refractivity contribution in [2.45, 2.75) is 17.5 Å². The van der Waals surface area contributed by atoms with Gasteiger partial charge in [0.05, 0.1) is 0 Å². The number of amides is 2. The average molecular weight is 593 g/mol. The van der Waals surface area contributed by atoms with Crippen LogP contribution >= 0.6 is 27.7 Å². The monoisotopic (exact) mass is 592 g/mol. The van der Waals surface area contributed by atoms with Crippen LogP contribution in [0.1, 0.15) is 17.2 Å². The lowest BCUT2D eigenvalue weighted by Gasteiger charge is -2.49. The van der Waals surface area contributed by atoms with Gasteiger partial charge in [0.15, 0.2) is 12.7 Å². The van der Waals surface area contributed by atoms with Crippen LogP contribution in [0.25, 0.3) is 0 Å². The second-order valence-electron chi connectivity index (χ2n) is 8.75. The third-order valence-corrected chi connectivity index (χ3v) is 8.28.